The van der Waals surface area contributed by atoms with Gasteiger partial charge >= 0.3 is 5.97 Å². The third kappa shape index (κ3) is 3.48. The lowest BCUT2D eigenvalue weighted by Gasteiger charge is -2.08. The molecule has 0 saturated heterocycles. The molecule has 0 aliphatic heterocycles. The summed E-state index contributed by atoms with van der Waals surface area (Å²) in [6.45, 7) is 0.545. The van der Waals surface area contributed by atoms with Crippen molar-refractivity contribution >= 4 is 23.3 Å². The average molecular weight is 294 g/mol. The van der Waals surface area contributed by atoms with Crippen molar-refractivity contribution in [3.8, 4) is 0 Å². The molecule has 0 atom stereocenters. The molecule has 104 valence electrons. The van der Waals surface area contributed by atoms with Gasteiger partial charge in [-0.2, -0.15) is 0 Å². The van der Waals surface area contributed by atoms with Gasteiger partial charge in [0.05, 0.1) is 17.7 Å². The fraction of sp³-hybridized carbons (Fsp3) is 0.133. The summed E-state index contributed by atoms with van der Waals surface area (Å²) in [5.74, 6) is -0.811. The second kappa shape index (κ2) is 6.39. The van der Waals surface area contributed by atoms with Crippen LogP contribution in [0, 0.1) is 5.82 Å². The number of esters is 1. The Kier molecular flexibility index (Phi) is 4.58. The van der Waals surface area contributed by atoms with Gasteiger partial charge in [-0.1, -0.05) is 23.7 Å². The number of anilines is 1. The van der Waals surface area contributed by atoms with Crippen molar-refractivity contribution in [2.75, 3.05) is 12.4 Å². The molecule has 0 heterocycles. The molecule has 5 heteroatoms. The van der Waals surface area contributed by atoms with Crippen molar-refractivity contribution in [2.45, 2.75) is 6.54 Å². The molecule has 0 aliphatic rings. The van der Waals surface area contributed by atoms with Crippen LogP contribution < -0.4 is 5.32 Å². The highest BCUT2D eigenvalue weighted by molar-refractivity contribution is 6.31. The molecule has 0 unspecified atom stereocenters. The molecule has 2 aromatic rings. The molecule has 0 radical (unpaired) electrons. The van der Waals surface area contributed by atoms with Gasteiger partial charge in [0.25, 0.3) is 0 Å². The van der Waals surface area contributed by atoms with Crippen LogP contribution in [0.4, 0.5) is 10.1 Å². The Balaban J connectivity index is 2.00. The van der Waals surface area contributed by atoms with Gasteiger partial charge in [0.1, 0.15) is 5.82 Å². The summed E-state index contributed by atoms with van der Waals surface area (Å²) in [4.78, 5) is 11.3. The normalized spacial score (nSPS) is 10.2. The second-order valence-electron chi connectivity index (χ2n) is 4.17. The molecule has 2 rings (SSSR count). The van der Waals surface area contributed by atoms with Crippen LogP contribution >= 0.6 is 11.6 Å². The summed E-state index contributed by atoms with van der Waals surface area (Å²) in [7, 11) is 1.34. The maximum atomic E-state index is 13.0. The van der Waals surface area contributed by atoms with Crippen LogP contribution in [0.2, 0.25) is 5.02 Å². The van der Waals surface area contributed by atoms with Crippen LogP contribution in [0.3, 0.4) is 0 Å². The van der Waals surface area contributed by atoms with Crippen molar-refractivity contribution in [3.63, 3.8) is 0 Å². The number of carbonyl (C=O) groups is 1. The highest BCUT2D eigenvalue weighted by Crippen LogP contribution is 2.20. The van der Waals surface area contributed by atoms with Crippen molar-refractivity contribution in [1.82, 2.24) is 0 Å². The van der Waals surface area contributed by atoms with E-state index in [1.807, 2.05) is 12.1 Å². The topological polar surface area (TPSA) is 38.3 Å². The summed E-state index contributed by atoms with van der Waals surface area (Å²) < 4.78 is 17.6. The van der Waals surface area contributed by atoms with Gasteiger partial charge in [-0.15, -0.1) is 0 Å². The Morgan fingerprint density at radius 2 is 1.95 bits per heavy atom. The van der Waals surface area contributed by atoms with Crippen LogP contribution in [0.15, 0.2) is 42.5 Å². The lowest BCUT2D eigenvalue weighted by atomic mass is 10.1. The summed E-state index contributed by atoms with van der Waals surface area (Å²) in [6.07, 6.45) is 0. The SMILES string of the molecule is COC(=O)c1ccc(CNc2ccc(F)c(Cl)c2)cc1. The first-order valence-corrected chi connectivity index (χ1v) is 6.34. The van der Waals surface area contributed by atoms with Crippen molar-refractivity contribution in [1.29, 1.82) is 0 Å². The quantitative estimate of drug-likeness (QED) is 0.870. The van der Waals surface area contributed by atoms with Crippen LogP contribution in [-0.4, -0.2) is 13.1 Å². The van der Waals surface area contributed by atoms with E-state index < -0.39 is 5.82 Å². The highest BCUT2D eigenvalue weighted by Gasteiger charge is 2.04. The second-order valence-corrected chi connectivity index (χ2v) is 4.58. The van der Waals surface area contributed by atoms with Crippen molar-refractivity contribution < 1.29 is 13.9 Å². The number of rotatable bonds is 4. The molecule has 1 N–H and O–H groups in total. The van der Waals surface area contributed by atoms with Gasteiger partial charge < -0.3 is 10.1 Å². The Bertz CT molecular complexity index is 614. The molecular formula is C15H13ClFNO2. The van der Waals surface area contributed by atoms with Crippen LogP contribution in [0.5, 0.6) is 0 Å². The third-order valence-corrected chi connectivity index (χ3v) is 3.08. The molecule has 0 fully saturated rings. The lowest BCUT2D eigenvalue weighted by Crippen LogP contribution is -2.03. The number of ether oxygens (including phenoxy) is 1. The van der Waals surface area contributed by atoms with Crippen LogP contribution in [0.25, 0.3) is 0 Å². The monoisotopic (exact) mass is 293 g/mol. The molecule has 0 aromatic heterocycles. The van der Waals surface area contributed by atoms with Crippen molar-refractivity contribution in [2.24, 2.45) is 0 Å². The Morgan fingerprint density at radius 1 is 1.25 bits per heavy atom. The fourth-order valence-electron chi connectivity index (χ4n) is 1.69. The maximum absolute atomic E-state index is 13.0. The minimum Gasteiger partial charge on any atom is -0.465 e. The number of nitrogens with one attached hydrogen (secondary N) is 1. The molecule has 0 aliphatic carbocycles. The van der Waals surface area contributed by atoms with E-state index in [4.69, 9.17) is 11.6 Å². The number of benzene rings is 2. The van der Waals surface area contributed by atoms with Gasteiger partial charge in [0.2, 0.25) is 0 Å². The molecular weight excluding hydrogens is 281 g/mol. The predicted molar refractivity (Wildman–Crippen MR) is 76.5 cm³/mol. The standard InChI is InChI=1S/C15H13ClFNO2/c1-20-15(19)11-4-2-10(3-5-11)9-18-12-6-7-14(17)13(16)8-12/h2-8,18H,9H2,1H3. The van der Waals surface area contributed by atoms with E-state index in [-0.39, 0.29) is 11.0 Å². The van der Waals surface area contributed by atoms with Gasteiger partial charge in [0, 0.05) is 12.2 Å². The number of hydrogen-bond donors (Lipinski definition) is 1. The van der Waals surface area contributed by atoms with E-state index in [9.17, 15) is 9.18 Å². The molecule has 0 bridgehead atoms. The van der Waals surface area contributed by atoms with E-state index in [1.165, 1.54) is 19.2 Å². The van der Waals surface area contributed by atoms with E-state index >= 15 is 0 Å². The Labute approximate surface area is 121 Å². The molecule has 20 heavy (non-hydrogen) atoms. The van der Waals surface area contributed by atoms with E-state index in [2.05, 4.69) is 10.1 Å². The largest absolute Gasteiger partial charge is 0.465 e. The minimum absolute atomic E-state index is 0.0797. The smallest absolute Gasteiger partial charge is 0.337 e. The number of methoxy groups -OCH3 is 1. The number of hydrogen-bond acceptors (Lipinski definition) is 3. The zero-order valence-electron chi connectivity index (χ0n) is 10.8. The van der Waals surface area contributed by atoms with E-state index in [0.29, 0.717) is 12.1 Å². The lowest BCUT2D eigenvalue weighted by molar-refractivity contribution is 0.0600. The molecule has 3 nitrogen and oxygen atoms in total. The summed E-state index contributed by atoms with van der Waals surface area (Å²) >= 11 is 5.70. The first-order valence-electron chi connectivity index (χ1n) is 5.96. The number of carbonyl (C=O) groups excluding carboxylic acids is 1. The van der Waals surface area contributed by atoms with Gasteiger partial charge in [-0.25, -0.2) is 9.18 Å². The predicted octanol–water partition coefficient (Wildman–Crippen LogP) is 3.88. The summed E-state index contributed by atoms with van der Waals surface area (Å²) in [6, 6.07) is 11.5. The molecule has 0 spiro atoms. The zero-order chi connectivity index (χ0) is 14.5. The summed E-state index contributed by atoms with van der Waals surface area (Å²) in [5, 5.41) is 3.20. The number of halogens is 2. The van der Waals surface area contributed by atoms with Gasteiger partial charge in [-0.05, 0) is 35.9 Å². The van der Waals surface area contributed by atoms with E-state index in [0.717, 1.165) is 11.3 Å². The Morgan fingerprint density at radius 3 is 2.55 bits per heavy atom. The molecule has 2 aromatic carbocycles. The third-order valence-electron chi connectivity index (χ3n) is 2.79. The molecule has 0 amide bonds. The zero-order valence-corrected chi connectivity index (χ0v) is 11.6. The van der Waals surface area contributed by atoms with Gasteiger partial charge in [0.15, 0.2) is 0 Å². The van der Waals surface area contributed by atoms with Gasteiger partial charge in [-0.3, -0.25) is 0 Å². The maximum Gasteiger partial charge on any atom is 0.337 e. The van der Waals surface area contributed by atoms with Crippen molar-refractivity contribution in [3.05, 3.63) is 64.4 Å². The Hall–Kier alpha value is -2.07. The first-order chi connectivity index (χ1) is 9.60. The average Bonchev–Trinajstić information content (AvgIpc) is 2.48. The fourth-order valence-corrected chi connectivity index (χ4v) is 1.87. The first kappa shape index (κ1) is 14.3. The minimum atomic E-state index is -0.445. The van der Waals surface area contributed by atoms with Crippen LogP contribution in [-0.2, 0) is 11.3 Å². The summed E-state index contributed by atoms with van der Waals surface area (Å²) in [5.41, 5.74) is 2.22. The van der Waals surface area contributed by atoms with E-state index in [1.54, 1.807) is 18.2 Å². The molecule has 0 saturated carbocycles. The highest BCUT2D eigenvalue weighted by atomic mass is 35.5. The van der Waals surface area contributed by atoms with Crippen LogP contribution in [0.1, 0.15) is 15.9 Å².